The Morgan fingerprint density at radius 2 is 2.00 bits per heavy atom. The predicted molar refractivity (Wildman–Crippen MR) is 59.0 cm³/mol. The van der Waals surface area contributed by atoms with Crippen molar-refractivity contribution in [3.8, 4) is 11.5 Å². The fourth-order valence-corrected chi connectivity index (χ4v) is 1.24. The number of carbonyl (C=O) groups is 2. The third kappa shape index (κ3) is 2.94. The van der Waals surface area contributed by atoms with Crippen molar-refractivity contribution in [1.82, 2.24) is 0 Å². The number of hydrogen-bond acceptors (Lipinski definition) is 6. The largest absolute Gasteiger partial charge is 0.492 e. The minimum atomic E-state index is -0.620. The monoisotopic (exact) mass is 239 g/mol. The molecule has 0 aromatic heterocycles. The fourth-order valence-electron chi connectivity index (χ4n) is 1.24. The van der Waals surface area contributed by atoms with Crippen LogP contribution in [0.25, 0.3) is 0 Å². The highest BCUT2D eigenvalue weighted by atomic mass is 16.6. The zero-order chi connectivity index (χ0) is 12.8. The summed E-state index contributed by atoms with van der Waals surface area (Å²) < 4.78 is 14.5. The summed E-state index contributed by atoms with van der Waals surface area (Å²) in [5.74, 6) is -0.926. The van der Waals surface area contributed by atoms with Crippen LogP contribution < -0.4 is 15.2 Å². The molecule has 1 aromatic rings. The Morgan fingerprint density at radius 3 is 2.53 bits per heavy atom. The number of para-hydroxylation sites is 1. The van der Waals surface area contributed by atoms with Crippen molar-refractivity contribution in [2.24, 2.45) is 5.73 Å². The normalized spacial score (nSPS) is 9.59. The molecule has 0 heterocycles. The first-order valence-electron chi connectivity index (χ1n) is 4.80. The lowest BCUT2D eigenvalue weighted by Gasteiger charge is -2.11. The molecule has 6 nitrogen and oxygen atoms in total. The molecule has 0 saturated heterocycles. The average Bonchev–Trinajstić information content (AvgIpc) is 2.37. The Kier molecular flexibility index (Phi) is 4.47. The highest BCUT2D eigenvalue weighted by Crippen LogP contribution is 2.31. The van der Waals surface area contributed by atoms with E-state index < -0.39 is 11.9 Å². The quantitative estimate of drug-likeness (QED) is 0.602. The van der Waals surface area contributed by atoms with Crippen molar-refractivity contribution in [2.45, 2.75) is 0 Å². The number of rotatable bonds is 4. The maximum absolute atomic E-state index is 11.4. The van der Waals surface area contributed by atoms with Crippen molar-refractivity contribution >= 4 is 11.9 Å². The van der Waals surface area contributed by atoms with Gasteiger partial charge in [-0.1, -0.05) is 6.07 Å². The van der Waals surface area contributed by atoms with Crippen LogP contribution >= 0.6 is 0 Å². The van der Waals surface area contributed by atoms with Crippen LogP contribution in [0.15, 0.2) is 18.2 Å². The van der Waals surface area contributed by atoms with E-state index in [-0.39, 0.29) is 23.6 Å². The number of hydrogen-bond donors (Lipinski definition) is 1. The summed E-state index contributed by atoms with van der Waals surface area (Å²) in [5.41, 5.74) is 5.31. The van der Waals surface area contributed by atoms with Crippen LogP contribution in [0.2, 0.25) is 0 Å². The number of carbonyl (C=O) groups excluding carboxylic acids is 2. The molecule has 0 aliphatic heterocycles. The minimum absolute atomic E-state index is 0.130. The van der Waals surface area contributed by atoms with E-state index in [4.69, 9.17) is 15.2 Å². The van der Waals surface area contributed by atoms with E-state index in [1.165, 1.54) is 26.4 Å². The van der Waals surface area contributed by atoms with Gasteiger partial charge < -0.3 is 19.9 Å². The van der Waals surface area contributed by atoms with Gasteiger partial charge in [0.25, 0.3) is 0 Å². The zero-order valence-corrected chi connectivity index (χ0v) is 9.56. The number of esters is 2. The molecule has 0 spiro atoms. The van der Waals surface area contributed by atoms with Gasteiger partial charge in [-0.2, -0.15) is 0 Å². The summed E-state index contributed by atoms with van der Waals surface area (Å²) in [5, 5.41) is 0. The van der Waals surface area contributed by atoms with Crippen LogP contribution in [0.3, 0.4) is 0 Å². The van der Waals surface area contributed by atoms with Crippen LogP contribution in [-0.4, -0.2) is 32.7 Å². The third-order valence-corrected chi connectivity index (χ3v) is 1.98. The SMILES string of the molecule is COC(=O)c1cccc(OC(=O)CN)c1OC. The van der Waals surface area contributed by atoms with Crippen molar-refractivity contribution in [1.29, 1.82) is 0 Å². The van der Waals surface area contributed by atoms with Crippen molar-refractivity contribution in [3.05, 3.63) is 23.8 Å². The summed E-state index contributed by atoms with van der Waals surface area (Å²) in [6.07, 6.45) is 0. The lowest BCUT2D eigenvalue weighted by Crippen LogP contribution is -2.20. The molecule has 0 aliphatic carbocycles. The molecule has 0 saturated carbocycles. The van der Waals surface area contributed by atoms with Crippen LogP contribution in [-0.2, 0) is 9.53 Å². The van der Waals surface area contributed by atoms with Crippen LogP contribution in [0, 0.1) is 0 Å². The lowest BCUT2D eigenvalue weighted by atomic mass is 10.2. The molecule has 2 N–H and O–H groups in total. The van der Waals surface area contributed by atoms with Crippen LogP contribution in [0.5, 0.6) is 11.5 Å². The molecular formula is C11H13NO5. The molecule has 0 amide bonds. The lowest BCUT2D eigenvalue weighted by molar-refractivity contribution is -0.132. The summed E-state index contributed by atoms with van der Waals surface area (Å²) >= 11 is 0. The number of ether oxygens (including phenoxy) is 3. The molecule has 0 bridgehead atoms. The van der Waals surface area contributed by atoms with Crippen molar-refractivity contribution < 1.29 is 23.8 Å². The number of benzene rings is 1. The van der Waals surface area contributed by atoms with E-state index in [1.54, 1.807) is 6.07 Å². The number of methoxy groups -OCH3 is 2. The van der Waals surface area contributed by atoms with E-state index in [1.807, 2.05) is 0 Å². The smallest absolute Gasteiger partial charge is 0.341 e. The van der Waals surface area contributed by atoms with Crippen molar-refractivity contribution in [2.75, 3.05) is 20.8 Å². The highest BCUT2D eigenvalue weighted by molar-refractivity contribution is 5.93. The second-order valence-electron chi connectivity index (χ2n) is 3.01. The van der Waals surface area contributed by atoms with E-state index in [0.717, 1.165) is 0 Å². The summed E-state index contributed by atoms with van der Waals surface area (Å²) in [7, 11) is 2.61. The van der Waals surface area contributed by atoms with E-state index in [0.29, 0.717) is 0 Å². The maximum atomic E-state index is 11.4. The van der Waals surface area contributed by atoms with Crippen LogP contribution in [0.1, 0.15) is 10.4 Å². The highest BCUT2D eigenvalue weighted by Gasteiger charge is 2.18. The molecule has 1 aromatic carbocycles. The zero-order valence-electron chi connectivity index (χ0n) is 9.56. The Bertz CT molecular complexity index is 430. The van der Waals surface area contributed by atoms with Crippen LogP contribution in [0.4, 0.5) is 0 Å². The van der Waals surface area contributed by atoms with Gasteiger partial charge in [0.05, 0.1) is 20.8 Å². The Balaban J connectivity index is 3.14. The second kappa shape index (κ2) is 5.86. The summed E-state index contributed by atoms with van der Waals surface area (Å²) in [6.45, 7) is -0.258. The molecule has 0 radical (unpaired) electrons. The van der Waals surface area contributed by atoms with Gasteiger partial charge in [0.15, 0.2) is 11.5 Å². The van der Waals surface area contributed by atoms with Gasteiger partial charge >= 0.3 is 11.9 Å². The predicted octanol–water partition coefficient (Wildman–Crippen LogP) is 0.346. The molecule has 0 aliphatic rings. The Labute approximate surface area is 98.3 Å². The van der Waals surface area contributed by atoms with Gasteiger partial charge in [-0.05, 0) is 12.1 Å². The molecule has 1 rings (SSSR count). The summed E-state index contributed by atoms with van der Waals surface area (Å²) in [4.78, 5) is 22.5. The molecule has 17 heavy (non-hydrogen) atoms. The standard InChI is InChI=1S/C11H13NO5/c1-15-10-7(11(14)16-2)4-3-5-8(10)17-9(13)6-12/h3-5H,6,12H2,1-2H3. The van der Waals surface area contributed by atoms with Gasteiger partial charge in [-0.25, -0.2) is 4.79 Å². The van der Waals surface area contributed by atoms with E-state index in [2.05, 4.69) is 4.74 Å². The van der Waals surface area contributed by atoms with E-state index >= 15 is 0 Å². The summed E-state index contributed by atoms with van der Waals surface area (Å²) in [6, 6.07) is 4.55. The molecular weight excluding hydrogens is 226 g/mol. The van der Waals surface area contributed by atoms with Gasteiger partial charge in [-0.3, -0.25) is 4.79 Å². The molecule has 0 fully saturated rings. The Hall–Kier alpha value is -2.08. The van der Waals surface area contributed by atoms with Gasteiger partial charge in [-0.15, -0.1) is 0 Å². The molecule has 0 atom stereocenters. The van der Waals surface area contributed by atoms with Gasteiger partial charge in [0.2, 0.25) is 0 Å². The first-order valence-corrected chi connectivity index (χ1v) is 4.80. The maximum Gasteiger partial charge on any atom is 0.341 e. The Morgan fingerprint density at radius 1 is 1.29 bits per heavy atom. The first kappa shape index (κ1) is 13.0. The number of nitrogens with two attached hydrogens (primary N) is 1. The fraction of sp³-hybridized carbons (Fsp3) is 0.273. The average molecular weight is 239 g/mol. The van der Waals surface area contributed by atoms with Gasteiger partial charge in [0.1, 0.15) is 5.56 Å². The second-order valence-corrected chi connectivity index (χ2v) is 3.01. The molecule has 0 unspecified atom stereocenters. The topological polar surface area (TPSA) is 87.9 Å². The minimum Gasteiger partial charge on any atom is -0.492 e. The first-order chi connectivity index (χ1) is 8.13. The third-order valence-electron chi connectivity index (χ3n) is 1.98. The van der Waals surface area contributed by atoms with Gasteiger partial charge in [0, 0.05) is 0 Å². The van der Waals surface area contributed by atoms with Crippen molar-refractivity contribution in [3.63, 3.8) is 0 Å². The molecule has 92 valence electrons. The molecule has 6 heteroatoms. The van der Waals surface area contributed by atoms with E-state index in [9.17, 15) is 9.59 Å².